The first-order valence-electron chi connectivity index (χ1n) is 8.74. The second-order valence-corrected chi connectivity index (χ2v) is 5.94. The topological polar surface area (TPSA) is 53.9 Å². The quantitative estimate of drug-likeness (QED) is 0.691. The van der Waals surface area contributed by atoms with Crippen molar-refractivity contribution < 1.29 is 13.2 Å². The summed E-state index contributed by atoms with van der Waals surface area (Å²) in [6.07, 6.45) is 1.42. The Labute approximate surface area is 155 Å². The fourth-order valence-electron chi connectivity index (χ4n) is 2.73. The monoisotopic (exact) mass is 375 g/mol. The second-order valence-electron chi connectivity index (χ2n) is 5.94. The number of fused-ring (bicyclic) bond motifs is 1. The molecule has 1 aliphatic heterocycles. The maximum Gasteiger partial charge on any atom is 0.282 e. The van der Waals surface area contributed by atoms with Crippen LogP contribution in [0.2, 0.25) is 0 Å². The number of anilines is 2. The molecule has 8 heteroatoms. The zero-order valence-corrected chi connectivity index (χ0v) is 15.1. The minimum Gasteiger partial charge on any atom is -0.350 e. The van der Waals surface area contributed by atoms with Crippen molar-refractivity contribution >= 4 is 22.7 Å². The molecule has 5 nitrogen and oxygen atoms in total. The van der Waals surface area contributed by atoms with Gasteiger partial charge in [0.05, 0.1) is 18.6 Å². The summed E-state index contributed by atoms with van der Waals surface area (Å²) in [7, 11) is 0. The van der Waals surface area contributed by atoms with Gasteiger partial charge in [-0.05, 0) is 23.8 Å². The number of benzene rings is 1. The van der Waals surface area contributed by atoms with Crippen molar-refractivity contribution in [3.05, 3.63) is 54.1 Å². The number of nitrogens with one attached hydrogen (secondary N) is 1. The third-order valence-electron chi connectivity index (χ3n) is 3.97. The van der Waals surface area contributed by atoms with E-state index in [2.05, 4.69) is 20.3 Å². The molecular weight excluding hydrogens is 355 g/mol. The molecule has 0 amide bonds. The fraction of sp³-hybridized carbons (Fsp3) is 0.316. The van der Waals surface area contributed by atoms with E-state index in [-0.39, 0.29) is 13.1 Å². The molecule has 0 saturated carbocycles. The van der Waals surface area contributed by atoms with Gasteiger partial charge in [0.1, 0.15) is 5.82 Å². The summed E-state index contributed by atoms with van der Waals surface area (Å²) in [5.41, 5.74) is 1.43. The number of halogens is 3. The predicted molar refractivity (Wildman–Crippen MR) is 99.6 cm³/mol. The third-order valence-corrected chi connectivity index (χ3v) is 3.97. The Morgan fingerprint density at radius 2 is 1.81 bits per heavy atom. The van der Waals surface area contributed by atoms with E-state index in [0.717, 1.165) is 10.9 Å². The molecule has 142 valence electrons. The maximum atomic E-state index is 13.2. The molecule has 27 heavy (non-hydrogen) atoms. The number of para-hydroxylation sites is 1. The SMILES string of the molecule is CC.Fc1ccc(CNc2nc(N3CC(F)(F)C3)c3ccccc3n2)cn1. The van der Waals surface area contributed by atoms with Gasteiger partial charge in [-0.1, -0.05) is 32.0 Å². The van der Waals surface area contributed by atoms with Crippen molar-refractivity contribution in [2.75, 3.05) is 23.3 Å². The lowest BCUT2D eigenvalue weighted by Gasteiger charge is -2.40. The minimum absolute atomic E-state index is 0.327. The van der Waals surface area contributed by atoms with Gasteiger partial charge in [-0.15, -0.1) is 0 Å². The first-order valence-corrected chi connectivity index (χ1v) is 8.74. The van der Waals surface area contributed by atoms with Crippen LogP contribution in [-0.4, -0.2) is 34.0 Å². The third kappa shape index (κ3) is 4.27. The summed E-state index contributed by atoms with van der Waals surface area (Å²) >= 11 is 0. The van der Waals surface area contributed by atoms with Crippen LogP contribution in [0, 0.1) is 5.95 Å². The van der Waals surface area contributed by atoms with Gasteiger partial charge < -0.3 is 10.2 Å². The van der Waals surface area contributed by atoms with Crippen LogP contribution in [0.5, 0.6) is 0 Å². The van der Waals surface area contributed by atoms with E-state index in [0.29, 0.717) is 23.8 Å². The summed E-state index contributed by atoms with van der Waals surface area (Å²) in [6, 6.07) is 10.2. The lowest BCUT2D eigenvalue weighted by Crippen LogP contribution is -2.56. The van der Waals surface area contributed by atoms with Crippen LogP contribution < -0.4 is 10.2 Å². The highest BCUT2D eigenvalue weighted by Crippen LogP contribution is 2.34. The van der Waals surface area contributed by atoms with E-state index in [1.807, 2.05) is 38.1 Å². The normalized spacial score (nSPS) is 14.9. The van der Waals surface area contributed by atoms with E-state index in [1.54, 1.807) is 6.07 Å². The Bertz CT molecular complexity index is 907. The average Bonchev–Trinajstić information content (AvgIpc) is 2.66. The van der Waals surface area contributed by atoms with Crippen LogP contribution in [0.15, 0.2) is 42.6 Å². The molecule has 0 spiro atoms. The summed E-state index contributed by atoms with van der Waals surface area (Å²) < 4.78 is 39.3. The lowest BCUT2D eigenvalue weighted by atomic mass is 10.1. The number of alkyl halides is 2. The number of pyridine rings is 1. The highest BCUT2D eigenvalue weighted by molar-refractivity contribution is 5.91. The molecule has 0 unspecified atom stereocenters. The van der Waals surface area contributed by atoms with Gasteiger partial charge in [-0.25, -0.2) is 18.7 Å². The van der Waals surface area contributed by atoms with E-state index in [9.17, 15) is 13.2 Å². The largest absolute Gasteiger partial charge is 0.350 e. The molecule has 0 aliphatic carbocycles. The van der Waals surface area contributed by atoms with Crippen LogP contribution in [0.3, 0.4) is 0 Å². The van der Waals surface area contributed by atoms with Crippen molar-refractivity contribution in [2.45, 2.75) is 26.3 Å². The van der Waals surface area contributed by atoms with Gasteiger partial charge in [0.15, 0.2) is 0 Å². The molecule has 0 radical (unpaired) electrons. The van der Waals surface area contributed by atoms with E-state index >= 15 is 0 Å². The predicted octanol–water partition coefficient (Wildman–Crippen LogP) is 4.26. The van der Waals surface area contributed by atoms with Gasteiger partial charge in [0, 0.05) is 18.1 Å². The molecule has 4 rings (SSSR count). The Balaban J connectivity index is 0.00000102. The summed E-state index contributed by atoms with van der Waals surface area (Å²) in [5, 5.41) is 3.77. The van der Waals surface area contributed by atoms with Gasteiger partial charge in [-0.2, -0.15) is 9.37 Å². The Morgan fingerprint density at radius 1 is 1.07 bits per heavy atom. The second kappa shape index (κ2) is 7.77. The minimum atomic E-state index is -2.68. The number of aromatic nitrogens is 3. The van der Waals surface area contributed by atoms with Crippen LogP contribution >= 0.6 is 0 Å². The van der Waals surface area contributed by atoms with E-state index < -0.39 is 11.9 Å². The van der Waals surface area contributed by atoms with Crippen molar-refractivity contribution in [2.24, 2.45) is 0 Å². The van der Waals surface area contributed by atoms with Crippen molar-refractivity contribution in [3.63, 3.8) is 0 Å². The molecule has 1 aliphatic rings. The highest BCUT2D eigenvalue weighted by Gasteiger charge is 2.45. The van der Waals surface area contributed by atoms with Gasteiger partial charge in [-0.3, -0.25) is 0 Å². The van der Waals surface area contributed by atoms with Crippen LogP contribution in [0.25, 0.3) is 10.9 Å². The van der Waals surface area contributed by atoms with Crippen molar-refractivity contribution in [3.8, 4) is 0 Å². The van der Waals surface area contributed by atoms with Gasteiger partial charge >= 0.3 is 0 Å². The molecule has 1 aromatic carbocycles. The standard InChI is InChI=1S/C17H14F3N5.C2H6/c18-14-6-5-11(7-21-14)8-22-16-23-13-4-2-1-3-12(13)15(24-16)25-9-17(19,20)10-25;1-2/h1-7H,8-10H2,(H,22,23,24);1-2H3. The molecule has 1 saturated heterocycles. The molecule has 3 aromatic rings. The van der Waals surface area contributed by atoms with Gasteiger partial charge in [0.2, 0.25) is 11.9 Å². The molecule has 1 fully saturated rings. The highest BCUT2D eigenvalue weighted by atomic mass is 19.3. The van der Waals surface area contributed by atoms with Crippen molar-refractivity contribution in [1.82, 2.24) is 15.0 Å². The fourth-order valence-corrected chi connectivity index (χ4v) is 2.73. The number of hydrogen-bond acceptors (Lipinski definition) is 5. The Kier molecular flexibility index (Phi) is 5.43. The molecule has 0 bridgehead atoms. The van der Waals surface area contributed by atoms with Gasteiger partial charge in [0.25, 0.3) is 5.92 Å². The molecular formula is C19H20F3N5. The van der Waals surface area contributed by atoms with E-state index in [4.69, 9.17) is 0 Å². The van der Waals surface area contributed by atoms with E-state index in [1.165, 1.54) is 17.2 Å². The zero-order valence-electron chi connectivity index (χ0n) is 15.1. The number of hydrogen-bond donors (Lipinski definition) is 1. The molecule has 3 heterocycles. The smallest absolute Gasteiger partial charge is 0.282 e. The number of rotatable bonds is 4. The van der Waals surface area contributed by atoms with Crippen LogP contribution in [0.4, 0.5) is 24.9 Å². The molecule has 2 aromatic heterocycles. The summed E-state index contributed by atoms with van der Waals surface area (Å²) in [6.45, 7) is 3.64. The Morgan fingerprint density at radius 3 is 2.48 bits per heavy atom. The first kappa shape index (κ1) is 18.9. The average molecular weight is 375 g/mol. The van der Waals surface area contributed by atoms with Crippen LogP contribution in [-0.2, 0) is 6.54 Å². The summed E-state index contributed by atoms with van der Waals surface area (Å²) in [4.78, 5) is 13.9. The van der Waals surface area contributed by atoms with Crippen LogP contribution in [0.1, 0.15) is 19.4 Å². The molecule has 1 N–H and O–H groups in total. The number of nitrogens with zero attached hydrogens (tertiary/aromatic N) is 4. The zero-order chi connectivity index (χ0) is 19.4. The van der Waals surface area contributed by atoms with Crippen molar-refractivity contribution in [1.29, 1.82) is 0 Å². The molecule has 0 atom stereocenters. The first-order chi connectivity index (χ1) is 13.0. The maximum absolute atomic E-state index is 13.2. The summed E-state index contributed by atoms with van der Waals surface area (Å²) in [5.74, 6) is -2.42. The Hall–Kier alpha value is -2.90. The lowest BCUT2D eigenvalue weighted by molar-refractivity contribution is -0.0265.